The summed E-state index contributed by atoms with van der Waals surface area (Å²) in [5.41, 5.74) is 2.16. The molecule has 0 amide bonds. The van der Waals surface area contributed by atoms with E-state index in [1.807, 2.05) is 29.9 Å². The second-order valence-electron chi connectivity index (χ2n) is 3.74. The molecule has 0 spiro atoms. The molecular formula is C12H14ClNO2. The number of hydrogen-bond acceptors (Lipinski definition) is 2. The van der Waals surface area contributed by atoms with E-state index in [0.29, 0.717) is 17.2 Å². The molecule has 2 aromatic rings. The van der Waals surface area contributed by atoms with Gasteiger partial charge in [0.05, 0.1) is 12.1 Å². The summed E-state index contributed by atoms with van der Waals surface area (Å²) in [6, 6.07) is 3.80. The zero-order valence-electron chi connectivity index (χ0n) is 9.33. The number of benzene rings is 1. The van der Waals surface area contributed by atoms with Crippen molar-refractivity contribution in [3.8, 4) is 5.75 Å². The van der Waals surface area contributed by atoms with Crippen molar-refractivity contribution in [2.75, 3.05) is 13.7 Å². The minimum atomic E-state index is 0.143. The van der Waals surface area contributed by atoms with E-state index in [1.165, 1.54) is 0 Å². The summed E-state index contributed by atoms with van der Waals surface area (Å²) < 4.78 is 7.20. The third kappa shape index (κ3) is 1.77. The molecule has 1 aromatic carbocycles. The van der Waals surface area contributed by atoms with Crippen molar-refractivity contribution in [2.24, 2.45) is 7.05 Å². The van der Waals surface area contributed by atoms with Crippen LogP contribution in [0.5, 0.6) is 5.75 Å². The van der Waals surface area contributed by atoms with Crippen LogP contribution >= 0.6 is 11.6 Å². The van der Waals surface area contributed by atoms with Crippen LogP contribution in [0.15, 0.2) is 18.3 Å². The lowest BCUT2D eigenvalue weighted by Crippen LogP contribution is -1.89. The lowest BCUT2D eigenvalue weighted by molar-refractivity contribution is 0.300. The monoisotopic (exact) mass is 239 g/mol. The summed E-state index contributed by atoms with van der Waals surface area (Å²) in [5.74, 6) is 0.666. The Bertz CT molecular complexity index is 519. The minimum absolute atomic E-state index is 0.143. The number of rotatable bonds is 3. The Morgan fingerprint density at radius 1 is 1.44 bits per heavy atom. The summed E-state index contributed by atoms with van der Waals surface area (Å²) >= 11 is 6.07. The Labute approximate surface area is 99.2 Å². The summed E-state index contributed by atoms with van der Waals surface area (Å²) in [7, 11) is 3.56. The van der Waals surface area contributed by atoms with Gasteiger partial charge in [0.15, 0.2) is 0 Å². The van der Waals surface area contributed by atoms with Gasteiger partial charge in [-0.1, -0.05) is 11.6 Å². The number of hydrogen-bond donors (Lipinski definition) is 1. The first kappa shape index (κ1) is 11.3. The van der Waals surface area contributed by atoms with Gasteiger partial charge in [0.2, 0.25) is 0 Å². The summed E-state index contributed by atoms with van der Waals surface area (Å²) in [5, 5.41) is 10.7. The maximum absolute atomic E-state index is 9.00. The van der Waals surface area contributed by atoms with Crippen LogP contribution in [0, 0.1) is 0 Å². The van der Waals surface area contributed by atoms with Gasteiger partial charge < -0.3 is 14.4 Å². The standard InChI is InChI=1S/C12H14ClNO2/c1-14-7-8(3-4-15)9-5-12(16-2)10(13)6-11(9)14/h5-7,15H,3-4H2,1-2H3. The Kier molecular flexibility index (Phi) is 3.08. The van der Waals surface area contributed by atoms with Crippen molar-refractivity contribution in [3.05, 3.63) is 28.9 Å². The van der Waals surface area contributed by atoms with Gasteiger partial charge in [-0.15, -0.1) is 0 Å². The molecule has 0 aliphatic carbocycles. The number of ether oxygens (including phenoxy) is 1. The molecule has 0 atom stereocenters. The lowest BCUT2D eigenvalue weighted by Gasteiger charge is -2.04. The normalized spacial score (nSPS) is 11.0. The van der Waals surface area contributed by atoms with Crippen LogP contribution in [0.25, 0.3) is 10.9 Å². The van der Waals surface area contributed by atoms with E-state index >= 15 is 0 Å². The Balaban J connectivity index is 2.67. The highest BCUT2D eigenvalue weighted by atomic mass is 35.5. The fraction of sp³-hybridized carbons (Fsp3) is 0.333. The molecule has 0 bridgehead atoms. The van der Waals surface area contributed by atoms with E-state index in [4.69, 9.17) is 21.4 Å². The highest BCUT2D eigenvalue weighted by Gasteiger charge is 2.10. The van der Waals surface area contributed by atoms with Gasteiger partial charge in [-0.2, -0.15) is 0 Å². The Hall–Kier alpha value is -1.19. The predicted octanol–water partition coefficient (Wildman–Crippen LogP) is 2.38. The number of aromatic nitrogens is 1. The molecule has 1 aromatic heterocycles. The minimum Gasteiger partial charge on any atom is -0.495 e. The van der Waals surface area contributed by atoms with E-state index in [-0.39, 0.29) is 6.61 Å². The third-order valence-electron chi connectivity index (χ3n) is 2.73. The third-order valence-corrected chi connectivity index (χ3v) is 3.02. The van der Waals surface area contributed by atoms with Gasteiger partial charge in [-0.05, 0) is 24.1 Å². The van der Waals surface area contributed by atoms with E-state index in [0.717, 1.165) is 16.5 Å². The lowest BCUT2D eigenvalue weighted by atomic mass is 10.1. The molecule has 1 heterocycles. The van der Waals surface area contributed by atoms with Crippen LogP contribution in [-0.2, 0) is 13.5 Å². The predicted molar refractivity (Wildman–Crippen MR) is 65.3 cm³/mol. The molecule has 4 heteroatoms. The highest BCUT2D eigenvalue weighted by Crippen LogP contribution is 2.32. The molecule has 0 saturated carbocycles. The van der Waals surface area contributed by atoms with Crippen molar-refractivity contribution in [3.63, 3.8) is 0 Å². The summed E-state index contributed by atoms with van der Waals surface area (Å²) in [6.07, 6.45) is 2.65. The second-order valence-corrected chi connectivity index (χ2v) is 4.15. The van der Waals surface area contributed by atoms with Gasteiger partial charge in [-0.3, -0.25) is 0 Å². The molecule has 0 aliphatic heterocycles. The molecule has 0 aliphatic rings. The quantitative estimate of drug-likeness (QED) is 0.893. The first-order valence-corrected chi connectivity index (χ1v) is 5.47. The summed E-state index contributed by atoms with van der Waals surface area (Å²) in [6.45, 7) is 0.143. The van der Waals surface area contributed by atoms with Gasteiger partial charge in [-0.25, -0.2) is 0 Å². The smallest absolute Gasteiger partial charge is 0.138 e. The first-order chi connectivity index (χ1) is 7.67. The summed E-state index contributed by atoms with van der Waals surface area (Å²) in [4.78, 5) is 0. The van der Waals surface area contributed by atoms with Crippen molar-refractivity contribution < 1.29 is 9.84 Å². The van der Waals surface area contributed by atoms with Crippen LogP contribution in [0.3, 0.4) is 0 Å². The molecule has 0 radical (unpaired) electrons. The topological polar surface area (TPSA) is 34.4 Å². The van der Waals surface area contributed by atoms with E-state index < -0.39 is 0 Å². The number of aryl methyl sites for hydroxylation is 1. The van der Waals surface area contributed by atoms with Crippen molar-refractivity contribution in [2.45, 2.75) is 6.42 Å². The van der Waals surface area contributed by atoms with Crippen LogP contribution in [-0.4, -0.2) is 23.4 Å². The second kappa shape index (κ2) is 4.36. The van der Waals surface area contributed by atoms with Crippen LogP contribution in [0.1, 0.15) is 5.56 Å². The largest absolute Gasteiger partial charge is 0.495 e. The number of aliphatic hydroxyl groups excluding tert-OH is 1. The number of halogens is 1. The first-order valence-electron chi connectivity index (χ1n) is 5.09. The molecule has 0 saturated heterocycles. The SMILES string of the molecule is COc1cc2c(CCO)cn(C)c2cc1Cl. The van der Waals surface area contributed by atoms with Gasteiger partial charge in [0.25, 0.3) is 0 Å². The molecule has 2 rings (SSSR count). The molecule has 0 unspecified atom stereocenters. The van der Waals surface area contributed by atoms with E-state index in [2.05, 4.69) is 0 Å². The van der Waals surface area contributed by atoms with Crippen molar-refractivity contribution in [1.82, 2.24) is 4.57 Å². The Morgan fingerprint density at radius 3 is 2.81 bits per heavy atom. The zero-order chi connectivity index (χ0) is 11.7. The molecule has 1 N–H and O–H groups in total. The van der Waals surface area contributed by atoms with Gasteiger partial charge in [0.1, 0.15) is 5.75 Å². The van der Waals surface area contributed by atoms with Gasteiger partial charge >= 0.3 is 0 Å². The molecular weight excluding hydrogens is 226 g/mol. The fourth-order valence-corrected chi connectivity index (χ4v) is 2.18. The van der Waals surface area contributed by atoms with Crippen LogP contribution < -0.4 is 4.74 Å². The number of fused-ring (bicyclic) bond motifs is 1. The Morgan fingerprint density at radius 2 is 2.19 bits per heavy atom. The average molecular weight is 240 g/mol. The van der Waals surface area contributed by atoms with Crippen LogP contribution in [0.4, 0.5) is 0 Å². The maximum atomic E-state index is 9.00. The van der Waals surface area contributed by atoms with Crippen molar-refractivity contribution in [1.29, 1.82) is 0 Å². The molecule has 0 fully saturated rings. The average Bonchev–Trinajstić information content (AvgIpc) is 2.55. The van der Waals surface area contributed by atoms with E-state index in [1.54, 1.807) is 7.11 Å². The molecule has 3 nitrogen and oxygen atoms in total. The highest BCUT2D eigenvalue weighted by molar-refractivity contribution is 6.32. The molecule has 16 heavy (non-hydrogen) atoms. The van der Waals surface area contributed by atoms with Gasteiger partial charge in [0, 0.05) is 30.8 Å². The van der Waals surface area contributed by atoms with Crippen LogP contribution in [0.2, 0.25) is 5.02 Å². The number of nitrogens with zero attached hydrogens (tertiary/aromatic N) is 1. The van der Waals surface area contributed by atoms with E-state index in [9.17, 15) is 0 Å². The van der Waals surface area contributed by atoms with Crippen molar-refractivity contribution >= 4 is 22.5 Å². The molecule has 86 valence electrons. The maximum Gasteiger partial charge on any atom is 0.138 e. The number of aliphatic hydroxyl groups is 1. The number of methoxy groups -OCH3 is 1. The fourth-order valence-electron chi connectivity index (χ4n) is 1.94. The zero-order valence-corrected chi connectivity index (χ0v) is 10.1.